The molecule has 0 radical (unpaired) electrons. The highest BCUT2D eigenvalue weighted by atomic mass is 16.5. The molecule has 0 saturated heterocycles. The maximum Gasteiger partial charge on any atom is 0.337 e. The molecule has 0 fully saturated rings. The molecular formula is C28H28N2O4. The van der Waals surface area contributed by atoms with Gasteiger partial charge in [0.1, 0.15) is 5.75 Å². The zero-order valence-electron chi connectivity index (χ0n) is 20.1. The van der Waals surface area contributed by atoms with Gasteiger partial charge in [0, 0.05) is 45.8 Å². The summed E-state index contributed by atoms with van der Waals surface area (Å²) in [5, 5.41) is 12.1. The molecule has 0 amide bonds. The number of aromatic nitrogens is 2. The first-order valence-electron chi connectivity index (χ1n) is 11.5. The highest BCUT2D eigenvalue weighted by molar-refractivity contribution is 6.07. The number of aryl methyl sites for hydroxylation is 2. The zero-order valence-corrected chi connectivity index (χ0v) is 20.1. The molecule has 6 heteroatoms. The minimum absolute atomic E-state index is 0.554. The number of carboxylic acids is 1. The topological polar surface area (TPSA) is 81.5 Å². The van der Waals surface area contributed by atoms with Crippen LogP contribution in [0.3, 0.4) is 0 Å². The van der Waals surface area contributed by atoms with Gasteiger partial charge < -0.3 is 14.6 Å². The van der Waals surface area contributed by atoms with Gasteiger partial charge >= 0.3 is 5.97 Å². The number of ether oxygens (including phenoxy) is 2. The van der Waals surface area contributed by atoms with Crippen molar-refractivity contribution < 1.29 is 19.4 Å². The number of hydrogen-bond acceptors (Lipinski definition) is 5. The maximum atomic E-state index is 12.5. The molecular weight excluding hydrogens is 428 g/mol. The summed E-state index contributed by atoms with van der Waals surface area (Å²) < 4.78 is 12.0. The van der Waals surface area contributed by atoms with Crippen LogP contribution in [0, 0.1) is 13.8 Å². The number of fused-ring (bicyclic) bond motifs is 1. The van der Waals surface area contributed by atoms with Crippen LogP contribution in [0.25, 0.3) is 32.9 Å². The Labute approximate surface area is 198 Å². The number of hydrogen-bond donors (Lipinski definition) is 1. The van der Waals surface area contributed by atoms with E-state index in [9.17, 15) is 9.90 Å². The molecule has 0 saturated carbocycles. The van der Waals surface area contributed by atoms with Gasteiger partial charge in [0.05, 0.1) is 23.2 Å². The van der Waals surface area contributed by atoms with Crippen molar-refractivity contribution in [1.82, 2.24) is 9.97 Å². The van der Waals surface area contributed by atoms with Gasteiger partial charge in [0.15, 0.2) is 6.10 Å². The second-order valence-electron chi connectivity index (χ2n) is 9.86. The van der Waals surface area contributed by atoms with Gasteiger partial charge in [-0.2, -0.15) is 0 Å². The summed E-state index contributed by atoms with van der Waals surface area (Å²) in [5.41, 5.74) is 6.03. The second-order valence-corrected chi connectivity index (χ2v) is 9.86. The van der Waals surface area contributed by atoms with E-state index < -0.39 is 17.7 Å². The van der Waals surface area contributed by atoms with Crippen molar-refractivity contribution in [3.63, 3.8) is 0 Å². The molecule has 2 aromatic carbocycles. The molecule has 1 atom stereocenters. The largest absolute Gasteiger partial charge is 0.493 e. The SMILES string of the molecule is Cc1ccc2c(-c3ccc4c5c(ccnc35)CCO4)c([C@H](OC(C)(C)C)C(=O)O)c(C)nc2c1. The summed E-state index contributed by atoms with van der Waals surface area (Å²) in [6, 6.07) is 12.0. The van der Waals surface area contributed by atoms with Crippen LogP contribution in [0.4, 0.5) is 0 Å². The number of pyridine rings is 2. The van der Waals surface area contributed by atoms with Crippen molar-refractivity contribution in [3.8, 4) is 16.9 Å². The Hall–Kier alpha value is -3.51. The van der Waals surface area contributed by atoms with E-state index >= 15 is 0 Å². The third kappa shape index (κ3) is 3.78. The van der Waals surface area contributed by atoms with Crippen molar-refractivity contribution in [2.24, 2.45) is 0 Å². The molecule has 6 nitrogen and oxygen atoms in total. The van der Waals surface area contributed by atoms with E-state index in [4.69, 9.17) is 19.4 Å². The Kier molecular flexibility index (Phi) is 5.29. The minimum atomic E-state index is -1.18. The number of carbonyl (C=O) groups is 1. The number of carboxylic acid groups (broad SMARTS) is 1. The molecule has 0 bridgehead atoms. The summed E-state index contributed by atoms with van der Waals surface area (Å²) in [4.78, 5) is 22.1. The van der Waals surface area contributed by atoms with Gasteiger partial charge in [0.25, 0.3) is 0 Å². The molecule has 0 spiro atoms. The lowest BCUT2D eigenvalue weighted by Gasteiger charge is -2.28. The van der Waals surface area contributed by atoms with Gasteiger partial charge in [0.2, 0.25) is 0 Å². The molecule has 3 heterocycles. The average Bonchev–Trinajstić information content (AvgIpc) is 2.77. The van der Waals surface area contributed by atoms with Crippen LogP contribution in [0.2, 0.25) is 0 Å². The quantitative estimate of drug-likeness (QED) is 0.409. The highest BCUT2D eigenvalue weighted by Gasteiger charge is 2.33. The summed E-state index contributed by atoms with van der Waals surface area (Å²) in [6.07, 6.45) is 1.44. The van der Waals surface area contributed by atoms with E-state index in [1.165, 1.54) is 5.56 Å². The Morgan fingerprint density at radius 2 is 1.94 bits per heavy atom. The Morgan fingerprint density at radius 1 is 1.15 bits per heavy atom. The number of benzene rings is 2. The Balaban J connectivity index is 1.91. The average molecular weight is 457 g/mol. The van der Waals surface area contributed by atoms with Crippen LogP contribution in [-0.2, 0) is 16.0 Å². The molecule has 5 rings (SSSR count). The Bertz CT molecular complexity index is 1440. The smallest absolute Gasteiger partial charge is 0.337 e. The van der Waals surface area contributed by atoms with Gasteiger partial charge in [-0.25, -0.2) is 4.79 Å². The fourth-order valence-corrected chi connectivity index (χ4v) is 4.81. The summed E-state index contributed by atoms with van der Waals surface area (Å²) in [6.45, 7) is 10.1. The van der Waals surface area contributed by atoms with Crippen LogP contribution in [0.1, 0.15) is 49.3 Å². The van der Waals surface area contributed by atoms with E-state index in [2.05, 4.69) is 0 Å². The first-order valence-corrected chi connectivity index (χ1v) is 11.5. The first-order chi connectivity index (χ1) is 16.1. The molecule has 1 N–H and O–H groups in total. The van der Waals surface area contributed by atoms with Crippen LogP contribution in [-0.4, -0.2) is 33.3 Å². The fourth-order valence-electron chi connectivity index (χ4n) is 4.81. The first kappa shape index (κ1) is 22.3. The van der Waals surface area contributed by atoms with Crippen LogP contribution in [0.5, 0.6) is 5.75 Å². The normalized spacial score (nSPS) is 14.3. The van der Waals surface area contributed by atoms with Crippen molar-refractivity contribution in [2.45, 2.75) is 52.7 Å². The molecule has 34 heavy (non-hydrogen) atoms. The predicted octanol–water partition coefficient (Wildman–Crippen LogP) is 5.94. The minimum Gasteiger partial charge on any atom is -0.493 e. The monoisotopic (exact) mass is 456 g/mol. The van der Waals surface area contributed by atoms with Crippen molar-refractivity contribution in [3.05, 3.63) is 65.0 Å². The van der Waals surface area contributed by atoms with E-state index in [0.29, 0.717) is 17.9 Å². The Morgan fingerprint density at radius 3 is 2.68 bits per heavy atom. The summed E-state index contributed by atoms with van der Waals surface area (Å²) >= 11 is 0. The van der Waals surface area contributed by atoms with Crippen molar-refractivity contribution >= 4 is 27.8 Å². The van der Waals surface area contributed by atoms with Crippen molar-refractivity contribution in [1.29, 1.82) is 0 Å². The van der Waals surface area contributed by atoms with Crippen LogP contribution < -0.4 is 4.74 Å². The van der Waals surface area contributed by atoms with E-state index in [1.54, 1.807) is 0 Å². The standard InChI is InChI=1S/C28H28N2O4/c1-15-6-7-18-20(14-15)30-16(2)22(26(27(31)32)34-28(3,4)5)24(18)19-8-9-21-23-17(11-13-33-21)10-12-29-25(19)23/h6-10,12,14,26H,11,13H2,1-5H3,(H,31,32)/t26-/m0/s1. The lowest BCUT2D eigenvalue weighted by molar-refractivity contribution is -0.160. The molecule has 2 aromatic heterocycles. The molecule has 4 aromatic rings. The number of rotatable bonds is 4. The summed E-state index contributed by atoms with van der Waals surface area (Å²) in [7, 11) is 0. The van der Waals surface area contributed by atoms with Gasteiger partial charge in [-0.1, -0.05) is 12.1 Å². The fraction of sp³-hybridized carbons (Fsp3) is 0.321. The van der Waals surface area contributed by atoms with Crippen LogP contribution in [0.15, 0.2) is 42.6 Å². The molecule has 174 valence electrons. The molecule has 0 unspecified atom stereocenters. The molecule has 1 aliphatic rings. The highest BCUT2D eigenvalue weighted by Crippen LogP contribution is 2.44. The van der Waals surface area contributed by atoms with Gasteiger partial charge in [-0.3, -0.25) is 9.97 Å². The van der Waals surface area contributed by atoms with E-state index in [0.717, 1.165) is 50.7 Å². The third-order valence-electron chi connectivity index (χ3n) is 6.17. The molecule has 1 aliphatic heterocycles. The predicted molar refractivity (Wildman–Crippen MR) is 132 cm³/mol. The van der Waals surface area contributed by atoms with E-state index in [1.807, 2.05) is 77.2 Å². The maximum absolute atomic E-state index is 12.5. The van der Waals surface area contributed by atoms with Crippen LogP contribution >= 0.6 is 0 Å². The number of aliphatic carboxylic acids is 1. The third-order valence-corrected chi connectivity index (χ3v) is 6.17. The number of nitrogens with zero attached hydrogens (tertiary/aromatic N) is 2. The van der Waals surface area contributed by atoms with Crippen molar-refractivity contribution in [2.75, 3.05) is 6.61 Å². The second kappa shape index (κ2) is 8.06. The lowest BCUT2D eigenvalue weighted by atomic mass is 9.88. The summed E-state index contributed by atoms with van der Waals surface area (Å²) in [5.74, 6) is -0.243. The molecule has 0 aliphatic carbocycles. The lowest BCUT2D eigenvalue weighted by Crippen LogP contribution is -2.28. The van der Waals surface area contributed by atoms with Gasteiger partial charge in [-0.15, -0.1) is 0 Å². The zero-order chi connectivity index (χ0) is 24.2. The van der Waals surface area contributed by atoms with Gasteiger partial charge in [-0.05, 0) is 70.0 Å². The van der Waals surface area contributed by atoms with E-state index in [-0.39, 0.29) is 0 Å².